The lowest BCUT2D eigenvalue weighted by atomic mass is 9.45. The highest BCUT2D eigenvalue weighted by Gasteiger charge is 2.57. The van der Waals surface area contributed by atoms with E-state index in [9.17, 15) is 5.26 Å². The minimum absolute atomic E-state index is 0.361. The van der Waals surface area contributed by atoms with E-state index in [4.69, 9.17) is 0 Å². The molecule has 7 atom stereocenters. The van der Waals surface area contributed by atoms with Gasteiger partial charge in [0.2, 0.25) is 0 Å². The number of hydrogen-bond donors (Lipinski definition) is 0. The Balaban J connectivity index is 1.60. The van der Waals surface area contributed by atoms with Crippen molar-refractivity contribution >= 4 is 0 Å². The van der Waals surface area contributed by atoms with Gasteiger partial charge in [0.25, 0.3) is 0 Å². The van der Waals surface area contributed by atoms with E-state index in [0.29, 0.717) is 16.7 Å². The third-order valence-electron chi connectivity index (χ3n) is 8.63. The van der Waals surface area contributed by atoms with Gasteiger partial charge in [0.05, 0.1) is 6.07 Å². The molecule has 1 heteroatoms. The molecule has 0 aliphatic heterocycles. The van der Waals surface area contributed by atoms with Gasteiger partial charge in [-0.2, -0.15) is 5.26 Å². The van der Waals surface area contributed by atoms with Crippen molar-refractivity contribution < 1.29 is 0 Å². The molecule has 0 spiro atoms. The van der Waals surface area contributed by atoms with Crippen LogP contribution in [0.2, 0.25) is 0 Å². The van der Waals surface area contributed by atoms with Crippen molar-refractivity contribution in [2.24, 2.45) is 40.4 Å². The van der Waals surface area contributed by atoms with Gasteiger partial charge < -0.3 is 0 Å². The quantitative estimate of drug-likeness (QED) is 0.571. The maximum absolute atomic E-state index is 9.30. The van der Waals surface area contributed by atoms with Crippen molar-refractivity contribution in [1.29, 1.82) is 5.26 Å². The largest absolute Gasteiger partial charge is 0.198 e. The topological polar surface area (TPSA) is 23.8 Å². The fourth-order valence-electron chi connectivity index (χ4n) is 7.37. The Morgan fingerprint density at radius 2 is 1.76 bits per heavy atom. The summed E-state index contributed by atoms with van der Waals surface area (Å²) < 4.78 is 0. The predicted octanol–water partition coefficient (Wildman–Crippen LogP) is 5.56. The number of nitrogens with zero attached hydrogens (tertiary/aromatic N) is 1. The van der Waals surface area contributed by atoms with Crippen LogP contribution in [0.3, 0.4) is 0 Å². The standard InChI is InChI=1S/C20H31N/c1-19-9-3-4-17(19)16-6-5-15-12-14(13-21)7-11-20(15,2)18(16)8-10-19/h14-18H,3-12H2,1-2H3/t14-,15-,16+,17-,18+,19-,20-/m1/s1. The lowest BCUT2D eigenvalue weighted by Crippen LogP contribution is -2.52. The van der Waals surface area contributed by atoms with Crippen molar-refractivity contribution in [2.45, 2.75) is 78.1 Å². The fourth-order valence-corrected chi connectivity index (χ4v) is 7.37. The fraction of sp³-hybridized carbons (Fsp3) is 0.950. The zero-order valence-electron chi connectivity index (χ0n) is 13.9. The van der Waals surface area contributed by atoms with Crippen molar-refractivity contribution in [1.82, 2.24) is 0 Å². The van der Waals surface area contributed by atoms with Crippen molar-refractivity contribution in [2.75, 3.05) is 0 Å². The maximum Gasteiger partial charge on any atom is 0.0655 e. The van der Waals surface area contributed by atoms with Crippen LogP contribution in [0, 0.1) is 51.8 Å². The summed E-state index contributed by atoms with van der Waals surface area (Å²) in [6, 6.07) is 2.57. The number of rotatable bonds is 0. The van der Waals surface area contributed by atoms with Crippen LogP contribution < -0.4 is 0 Å². The van der Waals surface area contributed by atoms with Crippen LogP contribution in [0.1, 0.15) is 78.1 Å². The summed E-state index contributed by atoms with van der Waals surface area (Å²) in [5.74, 6) is 4.24. The second-order valence-corrected chi connectivity index (χ2v) is 9.34. The molecule has 4 aliphatic carbocycles. The molecule has 4 saturated carbocycles. The lowest BCUT2D eigenvalue weighted by Gasteiger charge is -2.60. The second-order valence-electron chi connectivity index (χ2n) is 9.34. The normalized spacial score (nSPS) is 56.0. The first-order valence-corrected chi connectivity index (χ1v) is 9.46. The predicted molar refractivity (Wildman–Crippen MR) is 85.4 cm³/mol. The van der Waals surface area contributed by atoms with Crippen LogP contribution in [-0.2, 0) is 0 Å². The van der Waals surface area contributed by atoms with E-state index in [1.54, 1.807) is 0 Å². The minimum atomic E-state index is 0.361. The van der Waals surface area contributed by atoms with Crippen LogP contribution in [0.25, 0.3) is 0 Å². The summed E-state index contributed by atoms with van der Waals surface area (Å²) in [4.78, 5) is 0. The van der Waals surface area contributed by atoms with Crippen molar-refractivity contribution in [3.63, 3.8) is 0 Å². The molecule has 116 valence electrons. The summed E-state index contributed by atoms with van der Waals surface area (Å²) in [5.41, 5.74) is 1.26. The van der Waals surface area contributed by atoms with E-state index in [-0.39, 0.29) is 0 Å². The molecule has 1 nitrogen and oxygen atoms in total. The van der Waals surface area contributed by atoms with Gasteiger partial charge in [-0.15, -0.1) is 0 Å². The third-order valence-corrected chi connectivity index (χ3v) is 8.63. The molecule has 0 aromatic heterocycles. The van der Waals surface area contributed by atoms with Gasteiger partial charge in [0, 0.05) is 5.92 Å². The highest BCUT2D eigenvalue weighted by molar-refractivity contribution is 5.08. The van der Waals surface area contributed by atoms with Crippen molar-refractivity contribution in [3.05, 3.63) is 0 Å². The van der Waals surface area contributed by atoms with Gasteiger partial charge in [0.15, 0.2) is 0 Å². The third kappa shape index (κ3) is 1.94. The Labute approximate surface area is 130 Å². The van der Waals surface area contributed by atoms with Gasteiger partial charge >= 0.3 is 0 Å². The molecule has 4 fully saturated rings. The molecule has 4 aliphatic rings. The van der Waals surface area contributed by atoms with E-state index in [1.807, 2.05) is 0 Å². The van der Waals surface area contributed by atoms with Gasteiger partial charge in [-0.3, -0.25) is 0 Å². The minimum Gasteiger partial charge on any atom is -0.198 e. The molecule has 21 heavy (non-hydrogen) atoms. The zero-order chi connectivity index (χ0) is 14.7. The molecular formula is C20H31N. The Morgan fingerprint density at radius 3 is 2.57 bits per heavy atom. The summed E-state index contributed by atoms with van der Waals surface area (Å²) in [5, 5.41) is 9.30. The molecule has 0 heterocycles. The van der Waals surface area contributed by atoms with E-state index in [1.165, 1.54) is 64.2 Å². The first-order valence-electron chi connectivity index (χ1n) is 9.46. The molecule has 4 rings (SSSR count). The van der Waals surface area contributed by atoms with Gasteiger partial charge in [0.1, 0.15) is 0 Å². The number of nitriles is 1. The SMILES string of the molecule is C[C@]12CCC[C@@H]1[C@@H]1CC[C@@H]3C[C@H](C#N)CC[C@@]3(C)[C@H]1CC2. The van der Waals surface area contributed by atoms with Crippen LogP contribution in [0.5, 0.6) is 0 Å². The van der Waals surface area contributed by atoms with Crippen LogP contribution in [0.15, 0.2) is 0 Å². The average Bonchev–Trinajstić information content (AvgIpc) is 2.88. The van der Waals surface area contributed by atoms with E-state index >= 15 is 0 Å². The molecule has 0 N–H and O–H groups in total. The summed E-state index contributed by atoms with van der Waals surface area (Å²) in [7, 11) is 0. The average molecular weight is 285 g/mol. The molecule has 0 amide bonds. The molecular weight excluding hydrogens is 254 g/mol. The maximum atomic E-state index is 9.30. The second kappa shape index (κ2) is 4.74. The summed E-state index contributed by atoms with van der Waals surface area (Å²) >= 11 is 0. The van der Waals surface area contributed by atoms with E-state index in [2.05, 4.69) is 19.9 Å². The molecule has 0 aromatic carbocycles. The highest BCUT2D eigenvalue weighted by Crippen LogP contribution is 2.66. The number of fused-ring (bicyclic) bond motifs is 5. The molecule has 0 aromatic rings. The summed E-state index contributed by atoms with van der Waals surface area (Å²) in [6.07, 6.45) is 14.1. The lowest BCUT2D eigenvalue weighted by molar-refractivity contribution is -0.107. The highest BCUT2D eigenvalue weighted by atomic mass is 14.6. The summed E-state index contributed by atoms with van der Waals surface area (Å²) in [6.45, 7) is 5.21. The molecule has 0 radical (unpaired) electrons. The van der Waals surface area contributed by atoms with Crippen molar-refractivity contribution in [3.8, 4) is 6.07 Å². The monoisotopic (exact) mass is 285 g/mol. The Morgan fingerprint density at radius 1 is 0.905 bits per heavy atom. The first-order chi connectivity index (χ1) is 10.1. The Hall–Kier alpha value is -0.510. The van der Waals surface area contributed by atoms with Gasteiger partial charge in [-0.05, 0) is 92.3 Å². The van der Waals surface area contributed by atoms with Gasteiger partial charge in [-0.1, -0.05) is 20.3 Å². The molecule has 0 bridgehead atoms. The molecule has 0 unspecified atom stereocenters. The van der Waals surface area contributed by atoms with Crippen LogP contribution in [-0.4, -0.2) is 0 Å². The molecule has 0 saturated heterocycles. The Bertz CT molecular complexity index is 463. The van der Waals surface area contributed by atoms with E-state index in [0.717, 1.165) is 23.7 Å². The van der Waals surface area contributed by atoms with Gasteiger partial charge in [-0.25, -0.2) is 0 Å². The smallest absolute Gasteiger partial charge is 0.0655 e. The Kier molecular flexibility index (Phi) is 3.18. The van der Waals surface area contributed by atoms with E-state index < -0.39 is 0 Å². The number of hydrogen-bond acceptors (Lipinski definition) is 1. The zero-order valence-corrected chi connectivity index (χ0v) is 13.9. The van der Waals surface area contributed by atoms with Crippen LogP contribution in [0.4, 0.5) is 0 Å². The van der Waals surface area contributed by atoms with Crippen LogP contribution >= 0.6 is 0 Å². The first kappa shape index (κ1) is 14.1.